The minimum absolute atomic E-state index is 0.00835. The van der Waals surface area contributed by atoms with E-state index < -0.39 is 11.9 Å². The Hall–Kier alpha value is -4.28. The van der Waals surface area contributed by atoms with Crippen molar-refractivity contribution in [1.82, 2.24) is 0 Å². The summed E-state index contributed by atoms with van der Waals surface area (Å²) in [5.74, 6) is -0.000566. The molecule has 0 spiro atoms. The van der Waals surface area contributed by atoms with Crippen LogP contribution in [0.5, 0.6) is 34.9 Å². The van der Waals surface area contributed by atoms with Crippen LogP contribution in [-0.4, -0.2) is 38.4 Å². The van der Waals surface area contributed by atoms with Gasteiger partial charge >= 0.3 is 11.9 Å². The number of carbonyl (C=O) groups excluding carboxylic acids is 2. The van der Waals surface area contributed by atoms with Crippen LogP contribution in [0.2, 0.25) is 10.0 Å². The molecule has 0 saturated heterocycles. The lowest BCUT2D eigenvalue weighted by Crippen LogP contribution is -1.98. The zero-order chi connectivity index (χ0) is 26.9. The van der Waals surface area contributed by atoms with E-state index in [0.29, 0.717) is 21.5 Å². The van der Waals surface area contributed by atoms with Crippen molar-refractivity contribution in [2.45, 2.75) is 0 Å². The van der Waals surface area contributed by atoms with Crippen molar-refractivity contribution in [2.75, 3.05) is 21.3 Å². The van der Waals surface area contributed by atoms with Gasteiger partial charge in [0.05, 0.1) is 21.3 Å². The van der Waals surface area contributed by atoms with E-state index in [1.807, 2.05) is 0 Å². The number of phenolic OH excluding ortho intramolecular Hbond substituents is 1. The molecule has 4 aromatic rings. The van der Waals surface area contributed by atoms with Gasteiger partial charge in [0.2, 0.25) is 11.5 Å². The number of aromatic hydroxyl groups is 1. The van der Waals surface area contributed by atoms with Gasteiger partial charge in [-0.3, -0.25) is 0 Å². The molecule has 10 nitrogen and oxygen atoms in total. The Morgan fingerprint density at radius 1 is 0.676 bits per heavy atom. The highest BCUT2D eigenvalue weighted by atomic mass is 35.5. The molecule has 0 fully saturated rings. The van der Waals surface area contributed by atoms with E-state index in [2.05, 4.69) is 9.47 Å². The summed E-state index contributed by atoms with van der Waals surface area (Å²) in [5.41, 5.74) is 0. The maximum Gasteiger partial charge on any atom is 0.374 e. The Kier molecular flexibility index (Phi) is 9.31. The molecule has 1 N–H and O–H groups in total. The molecule has 0 amide bonds. The van der Waals surface area contributed by atoms with Gasteiger partial charge in [-0.15, -0.1) is 0 Å². The molecule has 0 unspecified atom stereocenters. The molecule has 0 saturated carbocycles. The number of halogens is 2. The minimum Gasteiger partial charge on any atom is -0.504 e. The molecule has 2 heterocycles. The number of furan rings is 2. The van der Waals surface area contributed by atoms with E-state index in [9.17, 15) is 14.7 Å². The molecule has 37 heavy (non-hydrogen) atoms. The fourth-order valence-corrected chi connectivity index (χ4v) is 3.01. The van der Waals surface area contributed by atoms with Crippen molar-refractivity contribution in [3.05, 3.63) is 82.2 Å². The second kappa shape index (κ2) is 12.6. The number of esters is 2. The monoisotopic (exact) mass is 550 g/mol. The Bertz CT molecular complexity index is 1380. The average molecular weight is 551 g/mol. The van der Waals surface area contributed by atoms with Crippen LogP contribution in [0.3, 0.4) is 0 Å². The quantitative estimate of drug-likeness (QED) is 0.247. The number of hydrogen-bond donors (Lipinski definition) is 1. The third-order valence-corrected chi connectivity index (χ3v) is 4.87. The maximum atomic E-state index is 11.2. The predicted molar refractivity (Wildman–Crippen MR) is 131 cm³/mol. The summed E-state index contributed by atoms with van der Waals surface area (Å²) in [6.07, 6.45) is 0. The first kappa shape index (κ1) is 27.3. The molecular weight excluding hydrogens is 531 g/mol. The number of methoxy groups -OCH3 is 3. The van der Waals surface area contributed by atoms with Crippen LogP contribution in [0.15, 0.2) is 69.5 Å². The number of ether oxygens (including phenoxy) is 5. The Balaban J connectivity index is 0.000000206. The van der Waals surface area contributed by atoms with E-state index in [1.165, 1.54) is 63.8 Å². The molecule has 2 aromatic carbocycles. The highest BCUT2D eigenvalue weighted by molar-refractivity contribution is 6.31. The normalized spacial score (nSPS) is 10.1. The number of carbonyl (C=O) groups is 2. The second-order valence-corrected chi connectivity index (χ2v) is 7.70. The molecule has 0 aliphatic carbocycles. The molecule has 194 valence electrons. The first-order chi connectivity index (χ1) is 17.7. The summed E-state index contributed by atoms with van der Waals surface area (Å²) >= 11 is 11.6. The maximum absolute atomic E-state index is 11.2. The average Bonchev–Trinajstić information content (AvgIpc) is 3.56. The number of hydrogen-bond acceptors (Lipinski definition) is 10. The van der Waals surface area contributed by atoms with Gasteiger partial charge < -0.3 is 37.6 Å². The number of rotatable bonds is 7. The van der Waals surface area contributed by atoms with Gasteiger partial charge in [0.1, 0.15) is 0 Å². The van der Waals surface area contributed by atoms with Crippen molar-refractivity contribution in [3.63, 3.8) is 0 Å². The molecular formula is C25H20Cl2O10. The highest BCUT2D eigenvalue weighted by Gasteiger charge is 2.15. The molecule has 2 aromatic heterocycles. The van der Waals surface area contributed by atoms with Gasteiger partial charge in [0, 0.05) is 34.3 Å². The third-order valence-electron chi connectivity index (χ3n) is 4.40. The van der Waals surface area contributed by atoms with Crippen LogP contribution < -0.4 is 14.2 Å². The standard InChI is InChI=1S/C13H11ClO5.C12H9ClO5/c1-16-9-4-3-8(14)7-11(9)19-12-6-5-10(18-12)13(15)17-2;1-16-12(15)9-4-5-11(17-9)18-10-6-7(13)2-3-8(10)14/h3-7H,1-2H3;2-6,14H,1H3. The van der Waals surface area contributed by atoms with Crippen molar-refractivity contribution < 1.29 is 47.2 Å². The lowest BCUT2D eigenvalue weighted by molar-refractivity contribution is 0.0552. The van der Waals surface area contributed by atoms with Crippen LogP contribution in [0.25, 0.3) is 0 Å². The van der Waals surface area contributed by atoms with Gasteiger partial charge in [-0.2, -0.15) is 0 Å². The van der Waals surface area contributed by atoms with Gasteiger partial charge in [-0.1, -0.05) is 23.2 Å². The van der Waals surface area contributed by atoms with Crippen LogP contribution in [0.1, 0.15) is 21.1 Å². The molecule has 0 aliphatic heterocycles. The second-order valence-electron chi connectivity index (χ2n) is 6.83. The molecule has 4 rings (SSSR count). The molecule has 0 aliphatic rings. The van der Waals surface area contributed by atoms with Crippen molar-refractivity contribution in [3.8, 4) is 34.9 Å². The summed E-state index contributed by atoms with van der Waals surface area (Å²) in [6, 6.07) is 15.1. The Labute approximate surface area is 220 Å². The topological polar surface area (TPSA) is 127 Å². The molecule has 0 bridgehead atoms. The van der Waals surface area contributed by atoms with Crippen LogP contribution in [0.4, 0.5) is 0 Å². The van der Waals surface area contributed by atoms with Gasteiger partial charge in [0.15, 0.2) is 23.0 Å². The van der Waals surface area contributed by atoms with E-state index in [1.54, 1.807) is 18.2 Å². The first-order valence-electron chi connectivity index (χ1n) is 10.3. The van der Waals surface area contributed by atoms with E-state index >= 15 is 0 Å². The van der Waals surface area contributed by atoms with Crippen LogP contribution in [-0.2, 0) is 9.47 Å². The summed E-state index contributed by atoms with van der Waals surface area (Å²) in [7, 11) is 4.03. The number of phenols is 1. The SMILES string of the molecule is COC(=O)c1ccc(Oc2cc(Cl)ccc2O)o1.COC(=O)c1ccc(Oc2cc(Cl)ccc2OC)o1. The summed E-state index contributed by atoms with van der Waals surface area (Å²) in [5, 5.41) is 10.4. The Morgan fingerprint density at radius 2 is 1.16 bits per heavy atom. The fourth-order valence-electron chi connectivity index (χ4n) is 2.69. The summed E-state index contributed by atoms with van der Waals surface area (Å²) in [6.45, 7) is 0. The lowest BCUT2D eigenvalue weighted by atomic mass is 10.3. The smallest absolute Gasteiger partial charge is 0.374 e. The van der Waals surface area contributed by atoms with E-state index in [-0.39, 0.29) is 34.9 Å². The van der Waals surface area contributed by atoms with Crippen LogP contribution >= 0.6 is 23.2 Å². The summed E-state index contributed by atoms with van der Waals surface area (Å²) < 4.78 is 35.1. The van der Waals surface area contributed by atoms with Gasteiger partial charge in [0.25, 0.3) is 11.9 Å². The molecule has 0 radical (unpaired) electrons. The first-order valence-corrected chi connectivity index (χ1v) is 11.0. The Morgan fingerprint density at radius 3 is 1.68 bits per heavy atom. The summed E-state index contributed by atoms with van der Waals surface area (Å²) in [4.78, 5) is 22.4. The largest absolute Gasteiger partial charge is 0.504 e. The van der Waals surface area contributed by atoms with E-state index in [0.717, 1.165) is 0 Å². The van der Waals surface area contributed by atoms with Gasteiger partial charge in [-0.25, -0.2) is 9.59 Å². The predicted octanol–water partition coefficient (Wildman–Crippen LogP) is 6.74. The fraction of sp³-hybridized carbons (Fsp3) is 0.120. The van der Waals surface area contributed by atoms with E-state index in [4.69, 9.17) is 46.2 Å². The molecule has 12 heteroatoms. The zero-order valence-electron chi connectivity index (χ0n) is 19.7. The molecule has 0 atom stereocenters. The van der Waals surface area contributed by atoms with Gasteiger partial charge in [-0.05, 0) is 36.4 Å². The van der Waals surface area contributed by atoms with Crippen molar-refractivity contribution in [2.24, 2.45) is 0 Å². The number of benzene rings is 2. The zero-order valence-corrected chi connectivity index (χ0v) is 21.2. The van der Waals surface area contributed by atoms with Crippen molar-refractivity contribution >= 4 is 35.1 Å². The van der Waals surface area contributed by atoms with Crippen molar-refractivity contribution in [1.29, 1.82) is 0 Å². The van der Waals surface area contributed by atoms with Crippen LogP contribution in [0, 0.1) is 0 Å². The third kappa shape index (κ3) is 7.35. The lowest BCUT2D eigenvalue weighted by Gasteiger charge is -2.08. The minimum atomic E-state index is -0.611. The highest BCUT2D eigenvalue weighted by Crippen LogP contribution is 2.35.